The van der Waals surface area contributed by atoms with Gasteiger partial charge < -0.3 is 10.5 Å². The number of rotatable bonds is 4. The lowest BCUT2D eigenvalue weighted by molar-refractivity contribution is 0.294. The molecular weight excluding hydrogens is 268 g/mol. The van der Waals surface area contributed by atoms with Gasteiger partial charge in [0, 0.05) is 12.0 Å². The summed E-state index contributed by atoms with van der Waals surface area (Å²) in [5.41, 5.74) is 7.56. The third-order valence-electron chi connectivity index (χ3n) is 4.07. The largest absolute Gasteiger partial charge is 0.494 e. The molecular formula is C16H22N2OS. The van der Waals surface area contributed by atoms with Crippen molar-refractivity contribution in [3.05, 3.63) is 23.2 Å². The summed E-state index contributed by atoms with van der Waals surface area (Å²) in [7, 11) is 0. The van der Waals surface area contributed by atoms with Crippen LogP contribution in [0.1, 0.15) is 44.0 Å². The van der Waals surface area contributed by atoms with Crippen LogP contribution in [0.3, 0.4) is 0 Å². The summed E-state index contributed by atoms with van der Waals surface area (Å²) >= 11 is 1.76. The molecule has 1 saturated carbocycles. The van der Waals surface area contributed by atoms with Crippen molar-refractivity contribution in [2.45, 2.75) is 51.0 Å². The predicted molar refractivity (Wildman–Crippen MR) is 84.5 cm³/mol. The van der Waals surface area contributed by atoms with Gasteiger partial charge in [-0.2, -0.15) is 0 Å². The third-order valence-corrected chi connectivity index (χ3v) is 5.09. The number of fused-ring (bicyclic) bond motifs is 1. The van der Waals surface area contributed by atoms with Crippen LogP contribution >= 0.6 is 11.3 Å². The van der Waals surface area contributed by atoms with E-state index in [1.165, 1.54) is 24.0 Å². The van der Waals surface area contributed by atoms with E-state index in [0.717, 1.165) is 35.5 Å². The molecule has 0 radical (unpaired) electrons. The smallest absolute Gasteiger partial charge is 0.120 e. The van der Waals surface area contributed by atoms with Gasteiger partial charge in [0.25, 0.3) is 0 Å². The lowest BCUT2D eigenvalue weighted by atomic mass is 9.80. The molecule has 0 aliphatic heterocycles. The summed E-state index contributed by atoms with van der Waals surface area (Å²) in [5, 5.41) is 1.16. The first kappa shape index (κ1) is 13.8. The van der Waals surface area contributed by atoms with Gasteiger partial charge >= 0.3 is 0 Å². The molecule has 0 unspecified atom stereocenters. The van der Waals surface area contributed by atoms with Crippen molar-refractivity contribution in [2.24, 2.45) is 5.73 Å². The Hall–Kier alpha value is -1.13. The Bertz CT molecular complexity index is 587. The van der Waals surface area contributed by atoms with Gasteiger partial charge in [-0.15, -0.1) is 11.3 Å². The maximum atomic E-state index is 6.53. The summed E-state index contributed by atoms with van der Waals surface area (Å²) in [6.07, 6.45) is 7.03. The van der Waals surface area contributed by atoms with E-state index in [-0.39, 0.29) is 5.54 Å². The van der Waals surface area contributed by atoms with Gasteiger partial charge in [0.15, 0.2) is 0 Å². The maximum Gasteiger partial charge on any atom is 0.120 e. The van der Waals surface area contributed by atoms with Crippen molar-refractivity contribution in [3.8, 4) is 5.75 Å². The minimum absolute atomic E-state index is 0.0329. The minimum atomic E-state index is -0.0329. The van der Waals surface area contributed by atoms with E-state index in [1.807, 2.05) is 19.1 Å². The molecule has 1 aromatic carbocycles. The van der Waals surface area contributed by atoms with Crippen molar-refractivity contribution in [1.82, 2.24) is 4.98 Å². The van der Waals surface area contributed by atoms with Crippen LogP contribution in [-0.2, 0) is 6.42 Å². The van der Waals surface area contributed by atoms with Gasteiger partial charge in [0.2, 0.25) is 0 Å². The zero-order valence-electron chi connectivity index (χ0n) is 12.0. The van der Waals surface area contributed by atoms with E-state index >= 15 is 0 Å². The zero-order chi connectivity index (χ0) is 14.0. The number of ether oxygens (including phenoxy) is 1. The standard InChI is InChI=1S/C16H22N2OS/c1-2-19-12-6-7-13-14(10-12)20-15(18-13)11-16(17)8-4-3-5-9-16/h6-7,10H,2-5,8-9,11,17H2,1H3. The number of hydrogen-bond donors (Lipinski definition) is 1. The highest BCUT2D eigenvalue weighted by atomic mass is 32.1. The zero-order valence-corrected chi connectivity index (χ0v) is 12.8. The second kappa shape index (κ2) is 5.70. The van der Waals surface area contributed by atoms with Crippen LogP contribution < -0.4 is 10.5 Å². The Morgan fingerprint density at radius 3 is 2.85 bits per heavy atom. The molecule has 2 N–H and O–H groups in total. The number of thiazole rings is 1. The van der Waals surface area contributed by atoms with Crippen molar-refractivity contribution in [2.75, 3.05) is 6.61 Å². The van der Waals surface area contributed by atoms with Crippen molar-refractivity contribution < 1.29 is 4.74 Å². The summed E-state index contributed by atoms with van der Waals surface area (Å²) in [6.45, 7) is 2.70. The Morgan fingerprint density at radius 1 is 1.30 bits per heavy atom. The monoisotopic (exact) mass is 290 g/mol. The fourth-order valence-electron chi connectivity index (χ4n) is 3.02. The highest BCUT2D eigenvalue weighted by Crippen LogP contribution is 2.33. The Kier molecular flexibility index (Phi) is 3.94. The van der Waals surface area contributed by atoms with Crippen LogP contribution in [0, 0.1) is 0 Å². The van der Waals surface area contributed by atoms with E-state index < -0.39 is 0 Å². The molecule has 1 aliphatic rings. The predicted octanol–water partition coefficient (Wildman–Crippen LogP) is 3.90. The fourth-order valence-corrected chi connectivity index (χ4v) is 4.17. The van der Waals surface area contributed by atoms with Crippen LogP contribution in [0.25, 0.3) is 10.2 Å². The van der Waals surface area contributed by atoms with E-state index in [4.69, 9.17) is 15.5 Å². The molecule has 1 fully saturated rings. The molecule has 20 heavy (non-hydrogen) atoms. The summed E-state index contributed by atoms with van der Waals surface area (Å²) in [6, 6.07) is 6.13. The second-order valence-corrected chi connectivity index (χ2v) is 6.89. The van der Waals surface area contributed by atoms with Gasteiger partial charge in [-0.25, -0.2) is 4.98 Å². The minimum Gasteiger partial charge on any atom is -0.494 e. The van der Waals surface area contributed by atoms with Crippen molar-refractivity contribution in [1.29, 1.82) is 0 Å². The summed E-state index contributed by atoms with van der Waals surface area (Å²) in [5.74, 6) is 0.926. The normalized spacial score (nSPS) is 18.3. The summed E-state index contributed by atoms with van der Waals surface area (Å²) in [4.78, 5) is 4.74. The highest BCUT2D eigenvalue weighted by molar-refractivity contribution is 7.18. The number of nitrogens with zero attached hydrogens (tertiary/aromatic N) is 1. The molecule has 0 bridgehead atoms. The average Bonchev–Trinajstić information content (AvgIpc) is 2.80. The molecule has 2 aromatic rings. The SMILES string of the molecule is CCOc1ccc2nc(CC3(N)CCCCC3)sc2c1. The van der Waals surface area contributed by atoms with Gasteiger partial charge in [0.1, 0.15) is 5.75 Å². The molecule has 3 nitrogen and oxygen atoms in total. The van der Waals surface area contributed by atoms with Gasteiger partial charge in [-0.1, -0.05) is 19.3 Å². The van der Waals surface area contributed by atoms with E-state index in [0.29, 0.717) is 6.61 Å². The quantitative estimate of drug-likeness (QED) is 0.929. The summed E-state index contributed by atoms with van der Waals surface area (Å²) < 4.78 is 6.75. The van der Waals surface area contributed by atoms with Crippen LogP contribution in [0.4, 0.5) is 0 Å². The third kappa shape index (κ3) is 2.96. The van der Waals surface area contributed by atoms with Crippen molar-refractivity contribution in [3.63, 3.8) is 0 Å². The highest BCUT2D eigenvalue weighted by Gasteiger charge is 2.28. The lowest BCUT2D eigenvalue weighted by Gasteiger charge is -2.32. The van der Waals surface area contributed by atoms with Gasteiger partial charge in [0.05, 0.1) is 21.8 Å². The average molecular weight is 290 g/mol. The van der Waals surface area contributed by atoms with Crippen LogP contribution in [-0.4, -0.2) is 17.1 Å². The van der Waals surface area contributed by atoms with E-state index in [2.05, 4.69) is 6.07 Å². The van der Waals surface area contributed by atoms with Gasteiger partial charge in [-0.3, -0.25) is 0 Å². The van der Waals surface area contributed by atoms with Crippen LogP contribution in [0.2, 0.25) is 0 Å². The Balaban J connectivity index is 1.81. The first-order chi connectivity index (χ1) is 9.68. The number of aromatic nitrogens is 1. The molecule has 108 valence electrons. The number of nitrogens with two attached hydrogens (primary N) is 1. The molecule has 0 atom stereocenters. The molecule has 1 aliphatic carbocycles. The molecule has 4 heteroatoms. The molecule has 0 saturated heterocycles. The van der Waals surface area contributed by atoms with Gasteiger partial charge in [-0.05, 0) is 38.0 Å². The maximum absolute atomic E-state index is 6.53. The number of hydrogen-bond acceptors (Lipinski definition) is 4. The van der Waals surface area contributed by atoms with E-state index in [9.17, 15) is 0 Å². The number of benzene rings is 1. The van der Waals surface area contributed by atoms with Crippen LogP contribution in [0.15, 0.2) is 18.2 Å². The Labute approximate surface area is 124 Å². The Morgan fingerprint density at radius 2 is 2.10 bits per heavy atom. The first-order valence-electron chi connectivity index (χ1n) is 7.50. The first-order valence-corrected chi connectivity index (χ1v) is 8.31. The molecule has 1 aromatic heterocycles. The topological polar surface area (TPSA) is 48.1 Å². The lowest BCUT2D eigenvalue weighted by Crippen LogP contribution is -2.43. The molecule has 0 amide bonds. The van der Waals surface area contributed by atoms with E-state index in [1.54, 1.807) is 11.3 Å². The van der Waals surface area contributed by atoms with Crippen LogP contribution in [0.5, 0.6) is 5.75 Å². The molecule has 0 spiro atoms. The second-order valence-electron chi connectivity index (χ2n) is 5.77. The fraction of sp³-hybridized carbons (Fsp3) is 0.562. The molecule has 1 heterocycles. The molecule has 3 rings (SSSR count). The van der Waals surface area contributed by atoms with Crippen molar-refractivity contribution >= 4 is 21.6 Å².